The second kappa shape index (κ2) is 8.49. The van der Waals surface area contributed by atoms with E-state index < -0.39 is 0 Å². The molecule has 0 bridgehead atoms. The number of rotatable bonds is 8. The van der Waals surface area contributed by atoms with Crippen molar-refractivity contribution in [3.63, 3.8) is 0 Å². The van der Waals surface area contributed by atoms with E-state index in [1.54, 1.807) is 0 Å². The number of benzene rings is 1. The van der Waals surface area contributed by atoms with Crippen molar-refractivity contribution in [1.29, 1.82) is 0 Å². The molecule has 1 aliphatic rings. The van der Waals surface area contributed by atoms with Crippen molar-refractivity contribution in [2.45, 2.75) is 64.3 Å². The number of nitrogens with zero attached hydrogens (tertiary/aromatic N) is 1. The van der Waals surface area contributed by atoms with Crippen LogP contribution in [0, 0.1) is 0 Å². The molecule has 0 aromatic heterocycles. The standard InChI is InChI=1S/C20H31NO2/c1-4-6-14-21(3)20(12-10-18(22)11-13-20)17-8-7-9-19(16-17)23-15-5-2/h7-9,16H,4-6,10-15H2,1-3H3. The van der Waals surface area contributed by atoms with E-state index in [0.29, 0.717) is 18.6 Å². The molecule has 1 aliphatic carbocycles. The van der Waals surface area contributed by atoms with Gasteiger partial charge >= 0.3 is 0 Å². The summed E-state index contributed by atoms with van der Waals surface area (Å²) in [5.41, 5.74) is 1.28. The summed E-state index contributed by atoms with van der Waals surface area (Å²) < 4.78 is 5.83. The van der Waals surface area contributed by atoms with Gasteiger partial charge in [-0.1, -0.05) is 32.4 Å². The first-order valence-electron chi connectivity index (χ1n) is 9.08. The molecule has 23 heavy (non-hydrogen) atoms. The van der Waals surface area contributed by atoms with Gasteiger partial charge in [0.15, 0.2) is 0 Å². The molecule has 3 heteroatoms. The van der Waals surface area contributed by atoms with E-state index in [1.807, 2.05) is 6.07 Å². The predicted octanol–water partition coefficient (Wildman–Crippen LogP) is 4.55. The van der Waals surface area contributed by atoms with Gasteiger partial charge < -0.3 is 4.74 Å². The molecule has 2 rings (SSSR count). The molecule has 0 aliphatic heterocycles. The summed E-state index contributed by atoms with van der Waals surface area (Å²) in [4.78, 5) is 14.3. The van der Waals surface area contributed by atoms with Crippen molar-refractivity contribution >= 4 is 5.78 Å². The molecule has 0 heterocycles. The van der Waals surface area contributed by atoms with E-state index in [-0.39, 0.29) is 5.54 Å². The Bertz CT molecular complexity index is 502. The SMILES string of the molecule is CCCCN(C)C1(c2cccc(OCCC)c2)CCC(=O)CC1. The second-order valence-electron chi connectivity index (χ2n) is 6.72. The fraction of sp³-hybridized carbons (Fsp3) is 0.650. The third-order valence-corrected chi connectivity index (χ3v) is 5.06. The Morgan fingerprint density at radius 3 is 2.57 bits per heavy atom. The molecule has 1 aromatic carbocycles. The minimum absolute atomic E-state index is 0.0192. The van der Waals surface area contributed by atoms with Crippen molar-refractivity contribution < 1.29 is 9.53 Å². The Hall–Kier alpha value is -1.35. The fourth-order valence-electron chi connectivity index (χ4n) is 3.54. The third-order valence-electron chi connectivity index (χ3n) is 5.06. The maximum Gasteiger partial charge on any atom is 0.133 e. The maximum atomic E-state index is 11.8. The molecular formula is C20H31NO2. The van der Waals surface area contributed by atoms with E-state index in [1.165, 1.54) is 18.4 Å². The Morgan fingerprint density at radius 1 is 1.17 bits per heavy atom. The third kappa shape index (κ3) is 4.35. The first kappa shape index (κ1) is 18.0. The van der Waals surface area contributed by atoms with Gasteiger partial charge in [-0.15, -0.1) is 0 Å². The van der Waals surface area contributed by atoms with Crippen LogP contribution < -0.4 is 4.74 Å². The molecule has 0 N–H and O–H groups in total. The summed E-state index contributed by atoms with van der Waals surface area (Å²) in [6, 6.07) is 8.52. The van der Waals surface area contributed by atoms with Gasteiger partial charge in [-0.3, -0.25) is 9.69 Å². The lowest BCUT2D eigenvalue weighted by Gasteiger charge is -2.45. The molecule has 1 saturated carbocycles. The van der Waals surface area contributed by atoms with Crippen LogP contribution in [-0.4, -0.2) is 30.9 Å². The van der Waals surface area contributed by atoms with Crippen LogP contribution in [0.15, 0.2) is 24.3 Å². The zero-order valence-corrected chi connectivity index (χ0v) is 14.9. The van der Waals surface area contributed by atoms with Gasteiger partial charge in [0.25, 0.3) is 0 Å². The van der Waals surface area contributed by atoms with Crippen LogP contribution in [0.4, 0.5) is 0 Å². The Labute approximate surface area is 141 Å². The number of unbranched alkanes of at least 4 members (excludes halogenated alkanes) is 1. The van der Waals surface area contributed by atoms with Crippen molar-refractivity contribution in [1.82, 2.24) is 4.90 Å². The highest BCUT2D eigenvalue weighted by molar-refractivity contribution is 5.79. The average molecular weight is 317 g/mol. The van der Waals surface area contributed by atoms with Crippen molar-refractivity contribution in [2.24, 2.45) is 0 Å². The molecular weight excluding hydrogens is 286 g/mol. The van der Waals surface area contributed by atoms with E-state index in [9.17, 15) is 4.79 Å². The minimum atomic E-state index is -0.0192. The van der Waals surface area contributed by atoms with Crippen LogP contribution in [0.5, 0.6) is 5.75 Å². The molecule has 1 aromatic rings. The van der Waals surface area contributed by atoms with E-state index in [4.69, 9.17) is 4.74 Å². The molecule has 128 valence electrons. The lowest BCUT2D eigenvalue weighted by molar-refractivity contribution is -0.123. The summed E-state index contributed by atoms with van der Waals surface area (Å²) in [7, 11) is 2.21. The molecule has 1 fully saturated rings. The van der Waals surface area contributed by atoms with Crippen LogP contribution in [0.1, 0.15) is 64.4 Å². The zero-order chi connectivity index (χ0) is 16.7. The molecule has 0 atom stereocenters. The largest absolute Gasteiger partial charge is 0.494 e. The van der Waals surface area contributed by atoms with Crippen molar-refractivity contribution in [3.05, 3.63) is 29.8 Å². The molecule has 0 radical (unpaired) electrons. The van der Waals surface area contributed by atoms with Gasteiger partial charge in [0.05, 0.1) is 6.61 Å². The monoisotopic (exact) mass is 317 g/mol. The van der Waals surface area contributed by atoms with Gasteiger partial charge in [0.2, 0.25) is 0 Å². The van der Waals surface area contributed by atoms with Crippen LogP contribution in [0.25, 0.3) is 0 Å². The highest BCUT2D eigenvalue weighted by atomic mass is 16.5. The van der Waals surface area contributed by atoms with Gasteiger partial charge in [0.1, 0.15) is 11.5 Å². The number of ether oxygens (including phenoxy) is 1. The lowest BCUT2D eigenvalue weighted by Crippen LogP contribution is -2.47. The summed E-state index contributed by atoms with van der Waals surface area (Å²) in [5.74, 6) is 1.35. The highest BCUT2D eigenvalue weighted by Gasteiger charge is 2.39. The molecule has 3 nitrogen and oxygen atoms in total. The quantitative estimate of drug-likeness (QED) is 0.704. The highest BCUT2D eigenvalue weighted by Crippen LogP contribution is 2.41. The summed E-state index contributed by atoms with van der Waals surface area (Å²) >= 11 is 0. The molecule has 0 unspecified atom stereocenters. The Kier molecular flexibility index (Phi) is 6.64. The normalized spacial score (nSPS) is 17.5. The molecule has 0 amide bonds. The average Bonchev–Trinajstić information content (AvgIpc) is 2.59. The fourth-order valence-corrected chi connectivity index (χ4v) is 3.54. The van der Waals surface area contributed by atoms with E-state index >= 15 is 0 Å². The van der Waals surface area contributed by atoms with Gasteiger partial charge in [0, 0.05) is 18.4 Å². The van der Waals surface area contributed by atoms with Crippen molar-refractivity contribution in [3.8, 4) is 5.75 Å². The maximum absolute atomic E-state index is 11.8. The minimum Gasteiger partial charge on any atom is -0.494 e. The van der Waals surface area contributed by atoms with Crippen LogP contribution in [0.3, 0.4) is 0 Å². The number of Topliss-reactive ketones (excluding diaryl/α,β-unsaturated/α-hetero) is 1. The topological polar surface area (TPSA) is 29.5 Å². The van der Waals surface area contributed by atoms with Crippen LogP contribution in [-0.2, 0) is 10.3 Å². The number of ketones is 1. The molecule has 0 spiro atoms. The van der Waals surface area contributed by atoms with Gasteiger partial charge in [-0.2, -0.15) is 0 Å². The number of hydrogen-bond acceptors (Lipinski definition) is 3. The number of hydrogen-bond donors (Lipinski definition) is 0. The van der Waals surface area contributed by atoms with Crippen molar-refractivity contribution in [2.75, 3.05) is 20.2 Å². The second-order valence-corrected chi connectivity index (χ2v) is 6.72. The Morgan fingerprint density at radius 2 is 1.91 bits per heavy atom. The Balaban J connectivity index is 2.27. The van der Waals surface area contributed by atoms with Crippen LogP contribution in [0.2, 0.25) is 0 Å². The first-order chi connectivity index (χ1) is 11.1. The number of carbonyl (C=O) groups excluding carboxylic acids is 1. The molecule has 0 saturated heterocycles. The first-order valence-corrected chi connectivity index (χ1v) is 9.08. The summed E-state index contributed by atoms with van der Waals surface area (Å²) in [5, 5.41) is 0. The number of carbonyl (C=O) groups is 1. The van der Waals surface area contributed by atoms with Crippen LogP contribution >= 0.6 is 0 Å². The van der Waals surface area contributed by atoms with E-state index in [2.05, 4.69) is 44.0 Å². The summed E-state index contributed by atoms with van der Waals surface area (Å²) in [6.07, 6.45) is 6.62. The summed E-state index contributed by atoms with van der Waals surface area (Å²) in [6.45, 7) is 6.17. The lowest BCUT2D eigenvalue weighted by atomic mass is 9.75. The predicted molar refractivity (Wildman–Crippen MR) is 94.9 cm³/mol. The van der Waals surface area contributed by atoms with Gasteiger partial charge in [-0.25, -0.2) is 0 Å². The van der Waals surface area contributed by atoms with Gasteiger partial charge in [-0.05, 0) is 57.0 Å². The smallest absolute Gasteiger partial charge is 0.133 e. The van der Waals surface area contributed by atoms with E-state index in [0.717, 1.165) is 38.2 Å². The zero-order valence-electron chi connectivity index (χ0n) is 14.9.